The van der Waals surface area contributed by atoms with Crippen LogP contribution in [0.2, 0.25) is 0 Å². The third kappa shape index (κ3) is 2.60. The van der Waals surface area contributed by atoms with E-state index in [1.54, 1.807) is 7.11 Å². The molecule has 1 aromatic carbocycles. The third-order valence-electron chi connectivity index (χ3n) is 3.78. The molecular formula is C17H20N2O3. The molecule has 22 heavy (non-hydrogen) atoms. The number of nitrogens with one attached hydrogen (secondary N) is 1. The fraction of sp³-hybridized carbons (Fsp3) is 0.353. The Morgan fingerprint density at radius 1 is 1.32 bits per heavy atom. The van der Waals surface area contributed by atoms with Crippen LogP contribution in [0.4, 0.5) is 0 Å². The summed E-state index contributed by atoms with van der Waals surface area (Å²) in [5.74, 6) is 0.697. The highest BCUT2D eigenvalue weighted by atomic mass is 16.5. The number of methoxy groups -OCH3 is 1. The average Bonchev–Trinajstić information content (AvgIpc) is 3.12. The highest BCUT2D eigenvalue weighted by molar-refractivity contribution is 5.42. The number of rotatable bonds is 3. The van der Waals surface area contributed by atoms with Gasteiger partial charge >= 0.3 is 0 Å². The maximum absolute atomic E-state index is 6.19. The van der Waals surface area contributed by atoms with Crippen LogP contribution < -0.4 is 16.0 Å². The van der Waals surface area contributed by atoms with Crippen LogP contribution in [0.1, 0.15) is 24.3 Å². The summed E-state index contributed by atoms with van der Waals surface area (Å²) >= 11 is 0. The minimum Gasteiger partial charge on any atom is -0.468 e. The normalized spacial score (nSPS) is 24.2. The van der Waals surface area contributed by atoms with Gasteiger partial charge in [-0.05, 0) is 25.5 Å². The zero-order chi connectivity index (χ0) is 15.5. The Hall–Kier alpha value is -2.27. The van der Waals surface area contributed by atoms with Crippen LogP contribution in [0, 0.1) is 6.92 Å². The van der Waals surface area contributed by atoms with Crippen molar-refractivity contribution in [3.8, 4) is 0 Å². The lowest BCUT2D eigenvalue weighted by molar-refractivity contribution is 0.118. The van der Waals surface area contributed by atoms with Gasteiger partial charge in [-0.15, -0.1) is 0 Å². The average molecular weight is 300 g/mol. The topological polar surface area (TPSA) is 56.5 Å². The molecule has 2 aromatic rings. The minimum atomic E-state index is -0.102. The number of hydrogen-bond acceptors (Lipinski definition) is 5. The van der Waals surface area contributed by atoms with Gasteiger partial charge in [-0.2, -0.15) is 0 Å². The van der Waals surface area contributed by atoms with Crippen LogP contribution in [-0.2, 0) is 9.47 Å². The number of nitrogens with zero attached hydrogens (tertiary/aromatic N) is 1. The van der Waals surface area contributed by atoms with E-state index < -0.39 is 0 Å². The standard InChI is InChI=1S/C17H20N2O3/c1-4-14-15(11(2)19-22-14)17-18-13(10-20-3)16(21-17)12-8-6-5-7-9-12/h4-9,13,16,18H,10H2,1-3H3/b14-4-,17-15+/t13-,16-/m0/s1. The Morgan fingerprint density at radius 3 is 2.77 bits per heavy atom. The molecule has 0 bridgehead atoms. The Morgan fingerprint density at radius 2 is 2.09 bits per heavy atom. The van der Waals surface area contributed by atoms with Crippen LogP contribution in [0.15, 0.2) is 34.9 Å². The van der Waals surface area contributed by atoms with E-state index in [0.717, 1.165) is 16.5 Å². The summed E-state index contributed by atoms with van der Waals surface area (Å²) in [5, 5.41) is 8.31. The molecule has 3 rings (SSSR count). The molecule has 1 fully saturated rings. The van der Waals surface area contributed by atoms with E-state index in [2.05, 4.69) is 22.6 Å². The Balaban J connectivity index is 2.06. The smallest absolute Gasteiger partial charge is 0.201 e. The van der Waals surface area contributed by atoms with Gasteiger partial charge in [0.05, 0.1) is 18.3 Å². The summed E-state index contributed by atoms with van der Waals surface area (Å²) in [7, 11) is 1.69. The van der Waals surface area contributed by atoms with Gasteiger partial charge in [-0.3, -0.25) is 0 Å². The third-order valence-corrected chi connectivity index (χ3v) is 3.78. The van der Waals surface area contributed by atoms with Gasteiger partial charge in [0.2, 0.25) is 5.88 Å². The number of hydrogen-bond donors (Lipinski definition) is 1. The lowest BCUT2D eigenvalue weighted by Gasteiger charge is -2.16. The highest BCUT2D eigenvalue weighted by Gasteiger charge is 2.34. The molecular weight excluding hydrogens is 280 g/mol. The molecule has 0 radical (unpaired) electrons. The van der Waals surface area contributed by atoms with Gasteiger partial charge < -0.3 is 19.3 Å². The fourth-order valence-electron chi connectivity index (χ4n) is 2.73. The van der Waals surface area contributed by atoms with Crippen LogP contribution in [0.3, 0.4) is 0 Å². The van der Waals surface area contributed by atoms with Crippen molar-refractivity contribution in [2.75, 3.05) is 13.7 Å². The van der Waals surface area contributed by atoms with E-state index in [0.29, 0.717) is 17.9 Å². The maximum Gasteiger partial charge on any atom is 0.201 e. The number of benzene rings is 1. The first-order chi connectivity index (χ1) is 10.7. The lowest BCUT2D eigenvalue weighted by atomic mass is 10.0. The predicted octanol–water partition coefficient (Wildman–Crippen LogP) is 1.23. The van der Waals surface area contributed by atoms with Crippen molar-refractivity contribution in [2.45, 2.75) is 26.0 Å². The van der Waals surface area contributed by atoms with Gasteiger partial charge in [0.1, 0.15) is 11.3 Å². The van der Waals surface area contributed by atoms with E-state index in [-0.39, 0.29) is 12.1 Å². The van der Waals surface area contributed by atoms with Crippen LogP contribution in [0.25, 0.3) is 12.0 Å². The molecule has 1 N–H and O–H groups in total. The molecule has 0 spiro atoms. The molecule has 2 atom stereocenters. The molecule has 2 heterocycles. The molecule has 116 valence electrons. The molecule has 0 unspecified atom stereocenters. The summed E-state index contributed by atoms with van der Waals surface area (Å²) in [4.78, 5) is 0. The van der Waals surface area contributed by atoms with Gasteiger partial charge in [0, 0.05) is 7.11 Å². The maximum atomic E-state index is 6.19. The van der Waals surface area contributed by atoms with Gasteiger partial charge in [-0.25, -0.2) is 0 Å². The molecule has 0 amide bonds. The summed E-state index contributed by atoms with van der Waals surface area (Å²) < 4.78 is 16.8. The quantitative estimate of drug-likeness (QED) is 0.924. The van der Waals surface area contributed by atoms with Crippen LogP contribution >= 0.6 is 0 Å². The van der Waals surface area contributed by atoms with Gasteiger partial charge in [0.25, 0.3) is 0 Å². The Labute approximate surface area is 129 Å². The summed E-state index contributed by atoms with van der Waals surface area (Å²) in [5.41, 5.74) is 2.63. The van der Waals surface area contributed by atoms with E-state index in [4.69, 9.17) is 14.0 Å². The van der Waals surface area contributed by atoms with Crippen LogP contribution in [-0.4, -0.2) is 24.9 Å². The fourth-order valence-corrected chi connectivity index (χ4v) is 2.73. The zero-order valence-electron chi connectivity index (χ0n) is 13.0. The van der Waals surface area contributed by atoms with Crippen molar-refractivity contribution in [1.82, 2.24) is 10.5 Å². The molecule has 0 aliphatic carbocycles. The van der Waals surface area contributed by atoms with Crippen molar-refractivity contribution in [3.05, 3.63) is 52.2 Å². The van der Waals surface area contributed by atoms with Crippen molar-refractivity contribution in [3.63, 3.8) is 0 Å². The second-order valence-electron chi connectivity index (χ2n) is 5.28. The first-order valence-electron chi connectivity index (χ1n) is 7.34. The molecule has 1 aromatic heterocycles. The molecule has 5 heteroatoms. The summed E-state index contributed by atoms with van der Waals surface area (Å²) in [6, 6.07) is 10.2. The second-order valence-corrected chi connectivity index (χ2v) is 5.28. The van der Waals surface area contributed by atoms with Crippen molar-refractivity contribution < 1.29 is 14.0 Å². The number of aryl methyl sites for hydroxylation is 1. The highest BCUT2D eigenvalue weighted by Crippen LogP contribution is 2.30. The number of ether oxygens (including phenoxy) is 2. The monoisotopic (exact) mass is 300 g/mol. The molecule has 1 aliphatic rings. The van der Waals surface area contributed by atoms with Crippen LogP contribution in [0.5, 0.6) is 0 Å². The Kier molecular flexibility index (Phi) is 4.15. The SMILES string of the molecule is C/C=c1\onc(C)\c1=C1\N[C@@H](COC)[C@H](c2ccccc2)O1. The molecule has 0 saturated carbocycles. The largest absolute Gasteiger partial charge is 0.468 e. The van der Waals surface area contributed by atoms with Gasteiger partial charge in [0.15, 0.2) is 5.42 Å². The molecule has 1 saturated heterocycles. The summed E-state index contributed by atoms with van der Waals surface area (Å²) in [6.45, 7) is 4.38. The first-order valence-corrected chi connectivity index (χ1v) is 7.34. The van der Waals surface area contributed by atoms with E-state index >= 15 is 0 Å². The molecule has 5 nitrogen and oxygen atoms in total. The first kappa shape index (κ1) is 14.7. The zero-order valence-corrected chi connectivity index (χ0v) is 13.0. The molecule has 1 aliphatic heterocycles. The summed E-state index contributed by atoms with van der Waals surface area (Å²) in [6.07, 6.45) is 1.78. The van der Waals surface area contributed by atoms with E-state index in [1.807, 2.05) is 38.1 Å². The van der Waals surface area contributed by atoms with E-state index in [1.165, 1.54) is 0 Å². The van der Waals surface area contributed by atoms with E-state index in [9.17, 15) is 0 Å². The van der Waals surface area contributed by atoms with Gasteiger partial charge in [-0.1, -0.05) is 35.5 Å². The van der Waals surface area contributed by atoms with Crippen molar-refractivity contribution >= 4 is 12.0 Å². The predicted molar refractivity (Wildman–Crippen MR) is 83.1 cm³/mol. The van der Waals surface area contributed by atoms with Crippen molar-refractivity contribution in [1.29, 1.82) is 0 Å². The second kappa shape index (κ2) is 6.23. The van der Waals surface area contributed by atoms with Crippen molar-refractivity contribution in [2.24, 2.45) is 0 Å². The lowest BCUT2D eigenvalue weighted by Crippen LogP contribution is -2.34. The number of aromatic nitrogens is 1. The Bertz CT molecular complexity index is 752. The minimum absolute atomic E-state index is 0.0430.